The normalized spacial score (nSPS) is 12.9. The Morgan fingerprint density at radius 2 is 1.28 bits per heavy atom. The number of unbranched alkanes of at least 4 members (excludes halogenated alkanes) is 2. The van der Waals surface area contributed by atoms with Gasteiger partial charge in [0.1, 0.15) is 11.5 Å². The molecule has 0 radical (unpaired) electrons. The van der Waals surface area contributed by atoms with Crippen molar-refractivity contribution in [2.75, 3.05) is 40.1 Å². The lowest BCUT2D eigenvalue weighted by Crippen LogP contribution is -2.12. The fourth-order valence-electron chi connectivity index (χ4n) is 5.04. The van der Waals surface area contributed by atoms with Crippen LogP contribution in [0.1, 0.15) is 66.9 Å². The van der Waals surface area contributed by atoms with Crippen molar-refractivity contribution >= 4 is 28.8 Å². The van der Waals surface area contributed by atoms with Crippen LogP contribution in [-0.2, 0) is 23.8 Å². The lowest BCUT2D eigenvalue weighted by molar-refractivity contribution is -0.140. The summed E-state index contributed by atoms with van der Waals surface area (Å²) in [5.74, 6) is 0.821. The van der Waals surface area contributed by atoms with E-state index in [1.165, 1.54) is 24.4 Å². The molecule has 0 N–H and O–H groups in total. The molecule has 0 aromatic heterocycles. The summed E-state index contributed by atoms with van der Waals surface area (Å²) < 4.78 is 27.0. The molecule has 0 spiro atoms. The van der Waals surface area contributed by atoms with Crippen molar-refractivity contribution in [1.82, 2.24) is 0 Å². The maximum atomic E-state index is 13.2. The Bertz CT molecular complexity index is 1590. The standard InChI is InChI=1S/C38H42O8S/c1-25(2)36(39)45-20-8-6-18-43-29-11-14-31(15-12-29)47-38(41)28-10-16-32-33-17-13-30(23-35(33)27(4)34(32)22-28)44-19-7-9-21-46-37(40)26(3)24-42-5/h10-17,22-23,27H,1,3,6-9,18-21,24H2,2,4-5H3. The van der Waals surface area contributed by atoms with Gasteiger partial charge in [0, 0.05) is 29.1 Å². The van der Waals surface area contributed by atoms with E-state index in [0.717, 1.165) is 45.9 Å². The summed E-state index contributed by atoms with van der Waals surface area (Å²) in [6.07, 6.45) is 2.88. The van der Waals surface area contributed by atoms with Gasteiger partial charge in [-0.25, -0.2) is 9.59 Å². The SMILES string of the molecule is C=C(C)C(=O)OCCCCOc1ccc(SC(=O)c2ccc3c(c2)C(C)c2cc(OCCCCOC(=O)C(=C)COC)ccc2-3)cc1. The molecule has 1 unspecified atom stereocenters. The number of ether oxygens (including phenoxy) is 5. The molecule has 0 amide bonds. The molecule has 0 heterocycles. The molecule has 1 aliphatic carbocycles. The first-order valence-corrected chi connectivity index (χ1v) is 16.5. The minimum Gasteiger partial charge on any atom is -0.494 e. The summed E-state index contributed by atoms with van der Waals surface area (Å²) >= 11 is 1.19. The maximum Gasteiger partial charge on any atom is 0.335 e. The molecule has 1 aliphatic rings. The third kappa shape index (κ3) is 10.1. The number of benzene rings is 3. The number of carbonyl (C=O) groups is 3. The van der Waals surface area contributed by atoms with Crippen molar-refractivity contribution in [1.29, 1.82) is 0 Å². The monoisotopic (exact) mass is 658 g/mol. The smallest absolute Gasteiger partial charge is 0.335 e. The molecule has 47 heavy (non-hydrogen) atoms. The predicted octanol–water partition coefficient (Wildman–Crippen LogP) is 7.93. The van der Waals surface area contributed by atoms with Gasteiger partial charge in [0.2, 0.25) is 5.12 Å². The van der Waals surface area contributed by atoms with Crippen LogP contribution >= 0.6 is 11.8 Å². The third-order valence-electron chi connectivity index (χ3n) is 7.60. The highest BCUT2D eigenvalue weighted by Crippen LogP contribution is 2.46. The molecule has 248 valence electrons. The number of rotatable bonds is 18. The van der Waals surface area contributed by atoms with Crippen LogP contribution in [0, 0.1) is 0 Å². The van der Waals surface area contributed by atoms with Crippen LogP contribution in [-0.4, -0.2) is 57.2 Å². The molecule has 0 bridgehead atoms. The summed E-state index contributed by atoms with van der Waals surface area (Å²) in [7, 11) is 1.51. The number of hydrogen-bond acceptors (Lipinski definition) is 9. The van der Waals surface area contributed by atoms with E-state index in [-0.39, 0.29) is 23.6 Å². The van der Waals surface area contributed by atoms with Crippen LogP contribution < -0.4 is 9.47 Å². The quantitative estimate of drug-likeness (QED) is 0.0584. The fourth-order valence-corrected chi connectivity index (χ4v) is 5.77. The van der Waals surface area contributed by atoms with Crippen molar-refractivity contribution < 1.29 is 38.1 Å². The number of thioether (sulfide) groups is 1. The average molecular weight is 659 g/mol. The van der Waals surface area contributed by atoms with Gasteiger partial charge in [-0.05, 0) is 115 Å². The fraction of sp³-hybridized carbons (Fsp3) is 0.342. The Balaban J connectivity index is 1.23. The molecule has 3 aromatic carbocycles. The van der Waals surface area contributed by atoms with Crippen LogP contribution in [0.3, 0.4) is 0 Å². The van der Waals surface area contributed by atoms with Gasteiger partial charge in [0.15, 0.2) is 0 Å². The van der Waals surface area contributed by atoms with Crippen LogP contribution in [0.5, 0.6) is 11.5 Å². The topological polar surface area (TPSA) is 97.4 Å². The Morgan fingerprint density at radius 3 is 1.91 bits per heavy atom. The molecular formula is C38H42O8S. The first-order valence-electron chi connectivity index (χ1n) is 15.7. The van der Waals surface area contributed by atoms with Crippen LogP contribution in [0.15, 0.2) is 89.9 Å². The number of fused-ring (bicyclic) bond motifs is 3. The van der Waals surface area contributed by atoms with E-state index in [2.05, 4.69) is 32.2 Å². The van der Waals surface area contributed by atoms with Crippen LogP contribution in [0.25, 0.3) is 11.1 Å². The molecule has 4 rings (SSSR count). The highest BCUT2D eigenvalue weighted by molar-refractivity contribution is 8.14. The summed E-state index contributed by atoms with van der Waals surface area (Å²) in [5.41, 5.74) is 5.93. The summed E-state index contributed by atoms with van der Waals surface area (Å²) in [5, 5.41) is -0.0216. The maximum absolute atomic E-state index is 13.2. The minimum absolute atomic E-state index is 0.0216. The molecule has 0 aliphatic heterocycles. The highest BCUT2D eigenvalue weighted by Gasteiger charge is 2.27. The van der Waals surface area contributed by atoms with Crippen molar-refractivity contribution in [2.24, 2.45) is 0 Å². The zero-order chi connectivity index (χ0) is 33.8. The van der Waals surface area contributed by atoms with Gasteiger partial charge < -0.3 is 23.7 Å². The number of hydrogen-bond donors (Lipinski definition) is 0. The molecule has 0 saturated heterocycles. The van der Waals surface area contributed by atoms with Gasteiger partial charge in [-0.1, -0.05) is 32.2 Å². The Morgan fingerprint density at radius 1 is 0.723 bits per heavy atom. The first-order chi connectivity index (χ1) is 22.7. The zero-order valence-corrected chi connectivity index (χ0v) is 28.1. The van der Waals surface area contributed by atoms with E-state index in [9.17, 15) is 14.4 Å². The summed E-state index contributed by atoms with van der Waals surface area (Å²) in [6, 6.07) is 19.5. The third-order valence-corrected chi connectivity index (χ3v) is 8.53. The minimum atomic E-state index is -0.436. The van der Waals surface area contributed by atoms with E-state index < -0.39 is 5.97 Å². The van der Waals surface area contributed by atoms with Gasteiger partial charge in [-0.3, -0.25) is 4.79 Å². The molecule has 0 saturated carbocycles. The van der Waals surface area contributed by atoms with Crippen molar-refractivity contribution in [2.45, 2.75) is 50.3 Å². The van der Waals surface area contributed by atoms with Crippen molar-refractivity contribution in [3.05, 3.63) is 102 Å². The van der Waals surface area contributed by atoms with Gasteiger partial charge >= 0.3 is 11.9 Å². The van der Waals surface area contributed by atoms with Gasteiger partial charge in [-0.15, -0.1) is 0 Å². The Labute approximate surface area is 281 Å². The first kappa shape index (κ1) is 35.5. The molecule has 0 fully saturated rings. The highest BCUT2D eigenvalue weighted by atomic mass is 32.2. The number of esters is 2. The van der Waals surface area contributed by atoms with Crippen LogP contribution in [0.2, 0.25) is 0 Å². The van der Waals surface area contributed by atoms with E-state index in [4.69, 9.17) is 23.7 Å². The average Bonchev–Trinajstić information content (AvgIpc) is 3.34. The Hall–Kier alpha value is -4.34. The van der Waals surface area contributed by atoms with E-state index in [1.807, 2.05) is 48.5 Å². The van der Waals surface area contributed by atoms with Crippen molar-refractivity contribution in [3.63, 3.8) is 0 Å². The molecule has 8 nitrogen and oxygen atoms in total. The van der Waals surface area contributed by atoms with Crippen LogP contribution in [0.4, 0.5) is 0 Å². The van der Waals surface area contributed by atoms with Gasteiger partial charge in [0.25, 0.3) is 0 Å². The second kappa shape index (κ2) is 17.5. The van der Waals surface area contributed by atoms with Gasteiger partial charge in [0.05, 0.1) is 38.6 Å². The molecule has 3 aromatic rings. The molecule has 1 atom stereocenters. The number of carbonyl (C=O) groups excluding carboxylic acids is 3. The Kier molecular flexibility index (Phi) is 13.3. The zero-order valence-electron chi connectivity index (χ0n) is 27.3. The van der Waals surface area contributed by atoms with E-state index >= 15 is 0 Å². The summed E-state index contributed by atoms with van der Waals surface area (Å²) in [6.45, 7) is 12.8. The summed E-state index contributed by atoms with van der Waals surface area (Å²) in [4.78, 5) is 37.2. The number of methoxy groups -OCH3 is 1. The van der Waals surface area contributed by atoms with Gasteiger partial charge in [-0.2, -0.15) is 0 Å². The largest absolute Gasteiger partial charge is 0.494 e. The second-order valence-electron chi connectivity index (χ2n) is 11.3. The van der Waals surface area contributed by atoms with Crippen molar-refractivity contribution in [3.8, 4) is 22.6 Å². The lowest BCUT2D eigenvalue weighted by Gasteiger charge is -2.11. The van der Waals surface area contributed by atoms with E-state index in [0.29, 0.717) is 56.0 Å². The lowest BCUT2D eigenvalue weighted by atomic mass is 9.98. The molecule has 9 heteroatoms. The molecular weight excluding hydrogens is 616 g/mol. The second-order valence-corrected chi connectivity index (χ2v) is 12.4. The van der Waals surface area contributed by atoms with E-state index in [1.54, 1.807) is 6.92 Å². The predicted molar refractivity (Wildman–Crippen MR) is 183 cm³/mol.